The molecule has 5 heteroatoms. The number of furan rings is 1. The molecule has 0 saturated carbocycles. The number of hydrogen-bond donors (Lipinski definition) is 0. The Labute approximate surface area is 184 Å². The number of benzene rings is 2. The molecule has 31 heavy (non-hydrogen) atoms. The predicted molar refractivity (Wildman–Crippen MR) is 122 cm³/mol. The maximum absolute atomic E-state index is 13.3. The molecule has 3 rings (SSSR count). The third-order valence-electron chi connectivity index (χ3n) is 5.12. The van der Waals surface area contributed by atoms with Crippen LogP contribution in [0.2, 0.25) is 0 Å². The van der Waals surface area contributed by atoms with E-state index in [1.165, 1.54) is 0 Å². The van der Waals surface area contributed by atoms with Crippen LogP contribution in [0.4, 0.5) is 0 Å². The Bertz CT molecular complexity index is 993. The normalized spacial score (nSPS) is 10.7. The van der Waals surface area contributed by atoms with Gasteiger partial charge in [0.15, 0.2) is 0 Å². The quantitative estimate of drug-likeness (QED) is 0.493. The van der Waals surface area contributed by atoms with Gasteiger partial charge >= 0.3 is 0 Å². The summed E-state index contributed by atoms with van der Waals surface area (Å²) in [5.41, 5.74) is 2.73. The highest BCUT2D eigenvalue weighted by Crippen LogP contribution is 2.15. The summed E-state index contributed by atoms with van der Waals surface area (Å²) in [4.78, 5) is 29.8. The van der Waals surface area contributed by atoms with E-state index in [1.807, 2.05) is 87.5 Å². The van der Waals surface area contributed by atoms with Crippen LogP contribution in [0.25, 0.3) is 0 Å². The lowest BCUT2D eigenvalue weighted by molar-refractivity contribution is -0.133. The Morgan fingerprint density at radius 3 is 2.16 bits per heavy atom. The van der Waals surface area contributed by atoms with Gasteiger partial charge in [0.1, 0.15) is 18.1 Å². The van der Waals surface area contributed by atoms with Crippen LogP contribution in [0.3, 0.4) is 0 Å². The fraction of sp³-hybridized carbons (Fsp3) is 0.308. The molecule has 1 aromatic heterocycles. The number of carbonyl (C=O) groups is 2. The van der Waals surface area contributed by atoms with Gasteiger partial charge in [-0.05, 0) is 50.1 Å². The third kappa shape index (κ3) is 6.32. The largest absolute Gasteiger partial charge is 0.464 e. The van der Waals surface area contributed by atoms with Gasteiger partial charge < -0.3 is 14.2 Å². The number of carbonyl (C=O) groups excluding carboxylic acids is 2. The highest BCUT2D eigenvalue weighted by Gasteiger charge is 2.23. The molecule has 2 amide bonds. The van der Waals surface area contributed by atoms with Gasteiger partial charge in [-0.2, -0.15) is 0 Å². The van der Waals surface area contributed by atoms with Crippen molar-refractivity contribution in [2.45, 2.75) is 40.3 Å². The molecule has 0 atom stereocenters. The number of amides is 2. The molecule has 0 saturated heterocycles. The highest BCUT2D eigenvalue weighted by atomic mass is 16.3. The molecule has 162 valence electrons. The van der Waals surface area contributed by atoms with E-state index in [0.29, 0.717) is 25.2 Å². The number of hydrogen-bond acceptors (Lipinski definition) is 3. The lowest BCUT2D eigenvalue weighted by atomic mass is 10.1. The van der Waals surface area contributed by atoms with Crippen molar-refractivity contribution in [1.29, 1.82) is 0 Å². The zero-order chi connectivity index (χ0) is 22.2. The maximum Gasteiger partial charge on any atom is 0.254 e. The topological polar surface area (TPSA) is 53.8 Å². The van der Waals surface area contributed by atoms with Crippen molar-refractivity contribution in [2.75, 3.05) is 13.1 Å². The van der Waals surface area contributed by atoms with E-state index >= 15 is 0 Å². The monoisotopic (exact) mass is 418 g/mol. The molecule has 2 aromatic carbocycles. The summed E-state index contributed by atoms with van der Waals surface area (Å²) in [6.45, 7) is 7.26. The fourth-order valence-corrected chi connectivity index (χ4v) is 3.46. The molecule has 0 aliphatic heterocycles. The summed E-state index contributed by atoms with van der Waals surface area (Å²) in [7, 11) is 0. The Kier molecular flexibility index (Phi) is 7.65. The van der Waals surface area contributed by atoms with E-state index in [2.05, 4.69) is 0 Å². The molecule has 5 nitrogen and oxygen atoms in total. The second-order valence-electron chi connectivity index (χ2n) is 7.84. The Hall–Kier alpha value is -3.34. The van der Waals surface area contributed by atoms with E-state index < -0.39 is 0 Å². The summed E-state index contributed by atoms with van der Waals surface area (Å²) in [6, 6.07) is 21.1. The first-order chi connectivity index (χ1) is 15.0. The smallest absolute Gasteiger partial charge is 0.254 e. The van der Waals surface area contributed by atoms with Gasteiger partial charge in [0.25, 0.3) is 5.91 Å². The van der Waals surface area contributed by atoms with Gasteiger partial charge in [-0.15, -0.1) is 0 Å². The summed E-state index contributed by atoms with van der Waals surface area (Å²) < 4.78 is 5.71. The second-order valence-corrected chi connectivity index (χ2v) is 7.84. The minimum absolute atomic E-state index is 0.0348. The SMILES string of the molecule is CCCN(CC(=O)N(Cc1ccccc1)Cc1ccc(C)o1)C(=O)c1ccc(C)cc1. The van der Waals surface area contributed by atoms with Gasteiger partial charge in [0.05, 0.1) is 6.54 Å². The van der Waals surface area contributed by atoms with Gasteiger partial charge in [-0.25, -0.2) is 0 Å². The second kappa shape index (κ2) is 10.6. The van der Waals surface area contributed by atoms with Gasteiger partial charge in [-0.1, -0.05) is 55.0 Å². The van der Waals surface area contributed by atoms with Crippen LogP contribution in [0.5, 0.6) is 0 Å². The number of rotatable bonds is 9. The fourth-order valence-electron chi connectivity index (χ4n) is 3.46. The molecular weight excluding hydrogens is 388 g/mol. The standard InChI is InChI=1S/C26H30N2O3/c1-4-16-27(26(30)23-13-10-20(2)11-14-23)19-25(29)28(17-22-8-6-5-7-9-22)18-24-15-12-21(3)31-24/h5-15H,4,16-19H2,1-3H3. The van der Waals surface area contributed by atoms with Crippen molar-refractivity contribution in [3.63, 3.8) is 0 Å². The molecule has 0 aliphatic rings. The maximum atomic E-state index is 13.3. The van der Waals surface area contributed by atoms with Crippen molar-refractivity contribution in [3.05, 3.63) is 94.9 Å². The Morgan fingerprint density at radius 1 is 0.839 bits per heavy atom. The number of aryl methyl sites for hydroxylation is 2. The van der Waals surface area contributed by atoms with E-state index in [4.69, 9.17) is 4.42 Å². The van der Waals surface area contributed by atoms with E-state index in [9.17, 15) is 9.59 Å². The third-order valence-corrected chi connectivity index (χ3v) is 5.12. The van der Waals surface area contributed by atoms with Gasteiger partial charge in [0, 0.05) is 18.7 Å². The van der Waals surface area contributed by atoms with Gasteiger partial charge in [-0.3, -0.25) is 9.59 Å². The summed E-state index contributed by atoms with van der Waals surface area (Å²) in [5.74, 6) is 1.31. The van der Waals surface area contributed by atoms with Crippen molar-refractivity contribution in [1.82, 2.24) is 9.80 Å². The zero-order valence-corrected chi connectivity index (χ0v) is 18.5. The first-order valence-electron chi connectivity index (χ1n) is 10.7. The molecule has 0 radical (unpaired) electrons. The molecule has 0 fully saturated rings. The molecule has 0 N–H and O–H groups in total. The van der Waals surface area contributed by atoms with Crippen molar-refractivity contribution >= 4 is 11.8 Å². The lowest BCUT2D eigenvalue weighted by Gasteiger charge is -2.27. The van der Waals surface area contributed by atoms with Crippen LogP contribution in [0.15, 0.2) is 71.1 Å². The molecular formula is C26H30N2O3. The van der Waals surface area contributed by atoms with Crippen molar-refractivity contribution < 1.29 is 14.0 Å². The van der Waals surface area contributed by atoms with Gasteiger partial charge in [0.2, 0.25) is 5.91 Å². The molecule has 3 aromatic rings. The minimum atomic E-state index is -0.122. The van der Waals surface area contributed by atoms with Crippen LogP contribution < -0.4 is 0 Å². The average Bonchev–Trinajstić information content (AvgIpc) is 3.18. The Balaban J connectivity index is 1.78. The first-order valence-corrected chi connectivity index (χ1v) is 10.7. The summed E-state index contributed by atoms with van der Waals surface area (Å²) in [5, 5.41) is 0. The molecule has 0 unspecified atom stereocenters. The summed E-state index contributed by atoms with van der Waals surface area (Å²) in [6.07, 6.45) is 0.779. The van der Waals surface area contributed by atoms with Crippen LogP contribution in [-0.2, 0) is 17.9 Å². The molecule has 1 heterocycles. The van der Waals surface area contributed by atoms with Crippen LogP contribution >= 0.6 is 0 Å². The van der Waals surface area contributed by atoms with E-state index in [0.717, 1.165) is 29.1 Å². The molecule has 0 spiro atoms. The molecule has 0 bridgehead atoms. The van der Waals surface area contributed by atoms with Crippen LogP contribution in [0.1, 0.15) is 46.3 Å². The van der Waals surface area contributed by atoms with Crippen molar-refractivity contribution in [3.8, 4) is 0 Å². The first kappa shape index (κ1) is 22.3. The Morgan fingerprint density at radius 2 is 1.55 bits per heavy atom. The van der Waals surface area contributed by atoms with Crippen molar-refractivity contribution in [2.24, 2.45) is 0 Å². The lowest BCUT2D eigenvalue weighted by Crippen LogP contribution is -2.42. The van der Waals surface area contributed by atoms with E-state index in [-0.39, 0.29) is 18.4 Å². The molecule has 0 aliphatic carbocycles. The highest BCUT2D eigenvalue weighted by molar-refractivity contribution is 5.96. The van der Waals surface area contributed by atoms with Crippen LogP contribution in [0, 0.1) is 13.8 Å². The average molecular weight is 419 g/mol. The predicted octanol–water partition coefficient (Wildman–Crippen LogP) is 4.98. The minimum Gasteiger partial charge on any atom is -0.464 e. The number of nitrogens with zero attached hydrogens (tertiary/aromatic N) is 2. The zero-order valence-electron chi connectivity index (χ0n) is 18.5. The summed E-state index contributed by atoms with van der Waals surface area (Å²) >= 11 is 0. The van der Waals surface area contributed by atoms with E-state index in [1.54, 1.807) is 9.80 Å². The van der Waals surface area contributed by atoms with Crippen LogP contribution in [-0.4, -0.2) is 34.7 Å².